The van der Waals surface area contributed by atoms with E-state index in [1.807, 2.05) is 6.07 Å². The highest BCUT2D eigenvalue weighted by Gasteiger charge is 2.08. The van der Waals surface area contributed by atoms with Crippen LogP contribution in [0.1, 0.15) is 5.56 Å². The lowest BCUT2D eigenvalue weighted by molar-refractivity contribution is -0.136. The molecule has 0 aliphatic heterocycles. The van der Waals surface area contributed by atoms with Crippen LogP contribution in [-0.2, 0) is 4.79 Å². The maximum atomic E-state index is 11.6. The largest absolute Gasteiger partial charge is 0.480 e. The highest BCUT2D eigenvalue weighted by atomic mass is 35.5. The summed E-state index contributed by atoms with van der Waals surface area (Å²) in [6.07, 6.45) is 0. The van der Waals surface area contributed by atoms with Crippen molar-refractivity contribution in [2.24, 2.45) is 0 Å². The van der Waals surface area contributed by atoms with Gasteiger partial charge in [0.25, 0.3) is 0 Å². The Morgan fingerprint density at radius 2 is 2.00 bits per heavy atom. The summed E-state index contributed by atoms with van der Waals surface area (Å²) in [5.74, 6) is 0.147. The molecule has 0 spiro atoms. The smallest absolute Gasteiger partial charge is 0.349 e. The zero-order valence-corrected chi connectivity index (χ0v) is 11.1. The number of carbonyl (C=O) groups is 1. The zero-order chi connectivity index (χ0) is 14.4. The van der Waals surface area contributed by atoms with Crippen molar-refractivity contribution in [2.75, 3.05) is 6.61 Å². The monoisotopic (exact) mass is 287 g/mol. The standard InChI is InChI=1S/C15H10ClNO3/c16-13-6-1-2-7-14(13)19-10-15(18)20-12-5-3-4-11(8-12)9-17/h1-8H,10H2. The Labute approximate surface area is 121 Å². The number of nitrogens with zero attached hydrogens (tertiary/aromatic N) is 1. The summed E-state index contributed by atoms with van der Waals surface area (Å²) >= 11 is 5.89. The highest BCUT2D eigenvalue weighted by Crippen LogP contribution is 2.23. The van der Waals surface area contributed by atoms with Crippen molar-refractivity contribution in [3.8, 4) is 17.6 Å². The van der Waals surface area contributed by atoms with Gasteiger partial charge in [0.15, 0.2) is 6.61 Å². The number of benzene rings is 2. The number of nitriles is 1. The Hall–Kier alpha value is -2.51. The Morgan fingerprint density at radius 3 is 2.75 bits per heavy atom. The average molecular weight is 288 g/mol. The molecule has 0 bridgehead atoms. The van der Waals surface area contributed by atoms with Crippen molar-refractivity contribution in [1.29, 1.82) is 5.26 Å². The molecule has 0 unspecified atom stereocenters. The van der Waals surface area contributed by atoms with Crippen LogP contribution in [0.25, 0.3) is 0 Å². The molecule has 0 atom stereocenters. The molecule has 0 saturated carbocycles. The van der Waals surface area contributed by atoms with Crippen molar-refractivity contribution in [3.05, 3.63) is 59.1 Å². The second-order valence-corrected chi connectivity index (χ2v) is 4.24. The van der Waals surface area contributed by atoms with Crippen LogP contribution in [0.4, 0.5) is 0 Å². The first kappa shape index (κ1) is 13.9. The van der Waals surface area contributed by atoms with Crippen molar-refractivity contribution in [3.63, 3.8) is 0 Å². The molecule has 0 radical (unpaired) electrons. The Bertz CT molecular complexity index is 664. The number of esters is 1. The van der Waals surface area contributed by atoms with E-state index in [0.29, 0.717) is 22.1 Å². The predicted molar refractivity (Wildman–Crippen MR) is 73.7 cm³/mol. The summed E-state index contributed by atoms with van der Waals surface area (Å²) in [7, 11) is 0. The van der Waals surface area contributed by atoms with Crippen molar-refractivity contribution >= 4 is 17.6 Å². The average Bonchev–Trinajstić information content (AvgIpc) is 2.46. The minimum absolute atomic E-state index is 0.263. The number of halogens is 1. The fourth-order valence-electron chi connectivity index (χ4n) is 1.49. The lowest BCUT2D eigenvalue weighted by atomic mass is 10.2. The van der Waals surface area contributed by atoms with E-state index in [-0.39, 0.29) is 6.61 Å². The van der Waals surface area contributed by atoms with E-state index < -0.39 is 5.97 Å². The molecule has 0 amide bonds. The lowest BCUT2D eigenvalue weighted by Crippen LogP contribution is -2.17. The SMILES string of the molecule is N#Cc1cccc(OC(=O)COc2ccccc2Cl)c1. The van der Waals surface area contributed by atoms with Gasteiger partial charge in [-0.05, 0) is 30.3 Å². The second kappa shape index (κ2) is 6.60. The van der Waals surface area contributed by atoms with Crippen molar-refractivity contribution < 1.29 is 14.3 Å². The van der Waals surface area contributed by atoms with Gasteiger partial charge in [0, 0.05) is 0 Å². The topological polar surface area (TPSA) is 59.3 Å². The molecular weight excluding hydrogens is 278 g/mol. The molecule has 0 aromatic heterocycles. The number of rotatable bonds is 4. The van der Waals surface area contributed by atoms with Gasteiger partial charge < -0.3 is 9.47 Å². The minimum atomic E-state index is -0.569. The van der Waals surface area contributed by atoms with Crippen LogP contribution >= 0.6 is 11.6 Å². The molecule has 0 saturated heterocycles. The normalized spacial score (nSPS) is 9.60. The highest BCUT2D eigenvalue weighted by molar-refractivity contribution is 6.32. The van der Waals surface area contributed by atoms with Gasteiger partial charge in [-0.1, -0.05) is 29.8 Å². The van der Waals surface area contributed by atoms with Crippen LogP contribution in [0.5, 0.6) is 11.5 Å². The zero-order valence-electron chi connectivity index (χ0n) is 10.4. The second-order valence-electron chi connectivity index (χ2n) is 3.83. The first-order chi connectivity index (χ1) is 9.69. The molecule has 0 N–H and O–H groups in total. The van der Waals surface area contributed by atoms with Crippen LogP contribution < -0.4 is 9.47 Å². The summed E-state index contributed by atoms with van der Waals surface area (Å²) in [6.45, 7) is -0.263. The van der Waals surface area contributed by atoms with Gasteiger partial charge in [-0.15, -0.1) is 0 Å². The summed E-state index contributed by atoms with van der Waals surface area (Å²) < 4.78 is 10.3. The molecule has 0 heterocycles. The summed E-state index contributed by atoms with van der Waals surface area (Å²) in [5.41, 5.74) is 0.419. The molecule has 2 aromatic rings. The molecule has 4 nitrogen and oxygen atoms in total. The van der Waals surface area contributed by atoms with E-state index in [4.69, 9.17) is 26.3 Å². The van der Waals surface area contributed by atoms with Gasteiger partial charge in [-0.2, -0.15) is 5.26 Å². The third-order valence-electron chi connectivity index (χ3n) is 2.38. The Kier molecular flexibility index (Phi) is 4.59. The summed E-state index contributed by atoms with van der Waals surface area (Å²) in [4.78, 5) is 11.6. The summed E-state index contributed by atoms with van der Waals surface area (Å²) in [6, 6.07) is 15.1. The molecule has 0 fully saturated rings. The predicted octanol–water partition coefficient (Wildman–Crippen LogP) is 3.20. The fourth-order valence-corrected chi connectivity index (χ4v) is 1.68. The Morgan fingerprint density at radius 1 is 1.20 bits per heavy atom. The molecule has 5 heteroatoms. The molecule has 0 aliphatic carbocycles. The van der Waals surface area contributed by atoms with Crippen LogP contribution in [0, 0.1) is 11.3 Å². The molecule has 0 aliphatic rings. The maximum Gasteiger partial charge on any atom is 0.349 e. The quantitative estimate of drug-likeness (QED) is 0.640. The fraction of sp³-hybridized carbons (Fsp3) is 0.0667. The van der Waals surface area contributed by atoms with Gasteiger partial charge in [0.1, 0.15) is 11.5 Å². The van der Waals surface area contributed by atoms with Gasteiger partial charge in [-0.3, -0.25) is 0 Å². The number of hydrogen-bond donors (Lipinski definition) is 0. The van der Waals surface area contributed by atoms with Crippen molar-refractivity contribution in [2.45, 2.75) is 0 Å². The van der Waals surface area contributed by atoms with Crippen LogP contribution in [0.2, 0.25) is 5.02 Å². The molecular formula is C15H10ClNO3. The summed E-state index contributed by atoms with van der Waals surface area (Å²) in [5, 5.41) is 9.17. The third kappa shape index (κ3) is 3.74. The van der Waals surface area contributed by atoms with E-state index in [2.05, 4.69) is 0 Å². The van der Waals surface area contributed by atoms with E-state index in [1.54, 1.807) is 42.5 Å². The lowest BCUT2D eigenvalue weighted by Gasteiger charge is -2.07. The van der Waals surface area contributed by atoms with E-state index in [9.17, 15) is 4.79 Å². The van der Waals surface area contributed by atoms with Gasteiger partial charge in [0.2, 0.25) is 0 Å². The molecule has 2 rings (SSSR count). The van der Waals surface area contributed by atoms with Gasteiger partial charge in [-0.25, -0.2) is 4.79 Å². The van der Waals surface area contributed by atoms with Gasteiger partial charge >= 0.3 is 5.97 Å². The molecule has 100 valence electrons. The van der Waals surface area contributed by atoms with Gasteiger partial charge in [0.05, 0.1) is 16.7 Å². The van der Waals surface area contributed by atoms with E-state index in [1.165, 1.54) is 6.07 Å². The van der Waals surface area contributed by atoms with Crippen LogP contribution in [0.3, 0.4) is 0 Å². The number of carbonyl (C=O) groups excluding carboxylic acids is 1. The van der Waals surface area contributed by atoms with Crippen molar-refractivity contribution in [1.82, 2.24) is 0 Å². The third-order valence-corrected chi connectivity index (χ3v) is 2.69. The van der Waals surface area contributed by atoms with E-state index in [0.717, 1.165) is 0 Å². The molecule has 20 heavy (non-hydrogen) atoms. The molecule has 2 aromatic carbocycles. The van der Waals surface area contributed by atoms with Crippen LogP contribution in [0.15, 0.2) is 48.5 Å². The number of ether oxygens (including phenoxy) is 2. The van der Waals surface area contributed by atoms with E-state index >= 15 is 0 Å². The number of hydrogen-bond acceptors (Lipinski definition) is 4. The number of para-hydroxylation sites is 1. The first-order valence-corrected chi connectivity index (χ1v) is 6.15. The first-order valence-electron chi connectivity index (χ1n) is 5.77. The Balaban J connectivity index is 1.93. The minimum Gasteiger partial charge on any atom is -0.480 e. The van der Waals surface area contributed by atoms with Crippen LogP contribution in [-0.4, -0.2) is 12.6 Å². The maximum absolute atomic E-state index is 11.6.